The van der Waals surface area contributed by atoms with Gasteiger partial charge < -0.3 is 9.47 Å². The number of piperazine rings is 1. The molecule has 1 atom stereocenters. The molecule has 0 aliphatic carbocycles. The molecular weight excluding hydrogens is 526 g/mol. The fourth-order valence-electron chi connectivity index (χ4n) is 6.36. The van der Waals surface area contributed by atoms with E-state index in [9.17, 15) is 4.79 Å². The molecule has 5 heteroatoms. The lowest BCUT2D eigenvalue weighted by molar-refractivity contribution is -0.133. The number of fused-ring (bicyclic) bond motifs is 1. The molecule has 0 unspecified atom stereocenters. The van der Waals surface area contributed by atoms with Crippen molar-refractivity contribution in [3.05, 3.63) is 143 Å². The van der Waals surface area contributed by atoms with E-state index >= 15 is 0 Å². The number of nitrogens with zero attached hydrogens (tertiary/aromatic N) is 3. The minimum absolute atomic E-state index is 0.0710. The van der Waals surface area contributed by atoms with Gasteiger partial charge in [-0.05, 0) is 47.4 Å². The maximum atomic E-state index is 13.9. The molecule has 5 aromatic rings. The van der Waals surface area contributed by atoms with E-state index in [1.54, 1.807) is 0 Å². The number of hydrogen-bond acceptors (Lipinski definition) is 2. The summed E-state index contributed by atoms with van der Waals surface area (Å²) >= 11 is 6.45. The smallest absolute Gasteiger partial charge is 0.223 e. The summed E-state index contributed by atoms with van der Waals surface area (Å²) in [4.78, 5) is 18.5. The van der Waals surface area contributed by atoms with Crippen LogP contribution in [-0.4, -0.2) is 46.5 Å². The summed E-state index contributed by atoms with van der Waals surface area (Å²) in [5, 5.41) is 1.89. The predicted molar refractivity (Wildman–Crippen MR) is 168 cm³/mol. The third kappa shape index (κ3) is 5.81. The van der Waals surface area contributed by atoms with Crippen LogP contribution in [0.5, 0.6) is 0 Å². The molecule has 0 bridgehead atoms. The standard InChI is InChI=1S/C36H36ClN3O/c1-2-38-26-33(31-18-9-10-19-34(31)38)32(29-16-11-17-30(37)24-29)25-35(41)39-20-22-40(23-21-39)36(27-12-5-3-6-13-27)28-14-7-4-8-15-28/h3-19,24,26,32,36H,2,20-23,25H2,1H3/t32-/m0/s1. The summed E-state index contributed by atoms with van der Waals surface area (Å²) in [6.45, 7) is 6.13. The number of hydrogen-bond donors (Lipinski definition) is 0. The molecule has 4 aromatic carbocycles. The van der Waals surface area contributed by atoms with Crippen molar-refractivity contribution in [1.29, 1.82) is 0 Å². The van der Waals surface area contributed by atoms with Crippen molar-refractivity contribution in [2.45, 2.75) is 31.8 Å². The highest BCUT2D eigenvalue weighted by Crippen LogP contribution is 2.36. The van der Waals surface area contributed by atoms with Crippen molar-refractivity contribution in [3.8, 4) is 0 Å². The van der Waals surface area contributed by atoms with Crippen molar-refractivity contribution in [2.24, 2.45) is 0 Å². The zero-order valence-corrected chi connectivity index (χ0v) is 24.3. The number of carbonyl (C=O) groups is 1. The molecule has 0 saturated carbocycles. The summed E-state index contributed by atoms with van der Waals surface area (Å²) in [6, 6.07) is 38.1. The van der Waals surface area contributed by atoms with E-state index in [0.717, 1.165) is 25.2 Å². The van der Waals surface area contributed by atoms with Crippen molar-refractivity contribution < 1.29 is 4.79 Å². The van der Waals surface area contributed by atoms with Gasteiger partial charge in [-0.1, -0.05) is 103 Å². The molecule has 6 rings (SSSR count). The normalized spacial score (nSPS) is 15.0. The predicted octanol–water partition coefficient (Wildman–Crippen LogP) is 7.77. The van der Waals surface area contributed by atoms with Gasteiger partial charge in [-0.15, -0.1) is 0 Å². The van der Waals surface area contributed by atoms with E-state index in [4.69, 9.17) is 11.6 Å². The van der Waals surface area contributed by atoms with Crippen LogP contribution in [0.3, 0.4) is 0 Å². The van der Waals surface area contributed by atoms with Gasteiger partial charge in [0.2, 0.25) is 5.91 Å². The Morgan fingerprint density at radius 2 is 1.37 bits per heavy atom. The summed E-state index contributed by atoms with van der Waals surface area (Å²) in [7, 11) is 0. The molecule has 1 aliphatic heterocycles. The number of halogens is 1. The zero-order chi connectivity index (χ0) is 28.2. The van der Waals surface area contributed by atoms with E-state index < -0.39 is 0 Å². The molecule has 1 amide bonds. The highest BCUT2D eigenvalue weighted by Gasteiger charge is 2.30. The minimum Gasteiger partial charge on any atom is -0.347 e. The number of aryl methyl sites for hydroxylation is 1. The second-order valence-electron chi connectivity index (χ2n) is 10.8. The van der Waals surface area contributed by atoms with Gasteiger partial charge in [0, 0.05) is 67.2 Å². The topological polar surface area (TPSA) is 28.5 Å². The summed E-state index contributed by atoms with van der Waals surface area (Å²) in [5.74, 6) is 0.122. The SMILES string of the molecule is CCn1cc([C@@H](CC(=O)N2CCN(C(c3ccccc3)c3ccccc3)CC2)c2cccc(Cl)c2)c2ccccc21. The fraction of sp³-hybridized carbons (Fsp3) is 0.250. The number of benzene rings is 4. The average molecular weight is 562 g/mol. The molecule has 1 saturated heterocycles. The number of rotatable bonds is 8. The number of para-hydroxylation sites is 1. The van der Waals surface area contributed by atoms with Gasteiger partial charge in [0.15, 0.2) is 0 Å². The molecule has 0 spiro atoms. The van der Waals surface area contributed by atoms with Crippen LogP contribution in [-0.2, 0) is 11.3 Å². The number of aromatic nitrogens is 1. The molecule has 1 fully saturated rings. The van der Waals surface area contributed by atoms with Gasteiger partial charge in [0.1, 0.15) is 0 Å². The highest BCUT2D eigenvalue weighted by atomic mass is 35.5. The highest BCUT2D eigenvalue weighted by molar-refractivity contribution is 6.30. The summed E-state index contributed by atoms with van der Waals surface area (Å²) in [5.41, 5.74) is 6.03. The Kier molecular flexibility index (Phi) is 8.22. The first kappa shape index (κ1) is 27.3. The Balaban J connectivity index is 1.24. The second-order valence-corrected chi connectivity index (χ2v) is 11.3. The number of amides is 1. The molecule has 2 heterocycles. The van der Waals surface area contributed by atoms with Crippen LogP contribution in [0.4, 0.5) is 0 Å². The monoisotopic (exact) mass is 561 g/mol. The third-order valence-corrected chi connectivity index (χ3v) is 8.66. The first-order valence-corrected chi connectivity index (χ1v) is 14.9. The quantitative estimate of drug-likeness (QED) is 0.193. The van der Waals surface area contributed by atoms with Crippen molar-refractivity contribution in [2.75, 3.05) is 26.2 Å². The maximum Gasteiger partial charge on any atom is 0.223 e. The first-order chi connectivity index (χ1) is 20.1. The Morgan fingerprint density at radius 3 is 2.00 bits per heavy atom. The van der Waals surface area contributed by atoms with E-state index in [1.807, 2.05) is 18.2 Å². The molecule has 1 aliphatic rings. The van der Waals surface area contributed by atoms with Crippen molar-refractivity contribution >= 4 is 28.4 Å². The molecule has 0 radical (unpaired) electrons. The Bertz CT molecular complexity index is 1570. The maximum absolute atomic E-state index is 13.9. The molecule has 1 aromatic heterocycles. The van der Waals surface area contributed by atoms with Gasteiger partial charge >= 0.3 is 0 Å². The Labute approximate surface area is 247 Å². The van der Waals surface area contributed by atoms with Crippen molar-refractivity contribution in [1.82, 2.24) is 14.4 Å². The van der Waals surface area contributed by atoms with E-state index in [2.05, 4.69) is 118 Å². The molecule has 4 nitrogen and oxygen atoms in total. The molecule has 0 N–H and O–H groups in total. The van der Waals surface area contributed by atoms with Crippen LogP contribution in [0.1, 0.15) is 47.6 Å². The Hall–Kier alpha value is -3.86. The lowest BCUT2D eigenvalue weighted by atomic mass is 9.87. The van der Waals surface area contributed by atoms with Crippen LogP contribution in [0, 0.1) is 0 Å². The lowest BCUT2D eigenvalue weighted by Crippen LogP contribution is -2.50. The van der Waals surface area contributed by atoms with Gasteiger partial charge in [-0.2, -0.15) is 0 Å². The zero-order valence-electron chi connectivity index (χ0n) is 23.5. The third-order valence-electron chi connectivity index (χ3n) is 8.43. The lowest BCUT2D eigenvalue weighted by Gasteiger charge is -2.40. The fourth-order valence-corrected chi connectivity index (χ4v) is 6.56. The van der Waals surface area contributed by atoms with Gasteiger partial charge in [0.25, 0.3) is 0 Å². The number of carbonyl (C=O) groups excluding carboxylic acids is 1. The molecule has 208 valence electrons. The van der Waals surface area contributed by atoms with E-state index in [0.29, 0.717) is 24.5 Å². The Morgan fingerprint density at radius 1 is 0.756 bits per heavy atom. The van der Waals surface area contributed by atoms with Crippen LogP contribution in [0.25, 0.3) is 10.9 Å². The molecule has 41 heavy (non-hydrogen) atoms. The molecular formula is C36H36ClN3O. The van der Waals surface area contributed by atoms with E-state index in [1.165, 1.54) is 27.6 Å². The van der Waals surface area contributed by atoms with Gasteiger partial charge in [-0.3, -0.25) is 9.69 Å². The van der Waals surface area contributed by atoms with E-state index in [-0.39, 0.29) is 17.9 Å². The van der Waals surface area contributed by atoms with Crippen LogP contribution >= 0.6 is 11.6 Å². The van der Waals surface area contributed by atoms with Gasteiger partial charge in [-0.25, -0.2) is 0 Å². The van der Waals surface area contributed by atoms with Gasteiger partial charge in [0.05, 0.1) is 6.04 Å². The largest absolute Gasteiger partial charge is 0.347 e. The van der Waals surface area contributed by atoms with Crippen LogP contribution in [0.15, 0.2) is 115 Å². The summed E-state index contributed by atoms with van der Waals surface area (Å²) < 4.78 is 2.28. The van der Waals surface area contributed by atoms with Crippen molar-refractivity contribution in [3.63, 3.8) is 0 Å². The second kappa shape index (κ2) is 12.3. The summed E-state index contributed by atoms with van der Waals surface area (Å²) in [6.07, 6.45) is 2.64. The van der Waals surface area contributed by atoms with Crippen LogP contribution < -0.4 is 0 Å². The average Bonchev–Trinajstić information content (AvgIpc) is 3.40. The van der Waals surface area contributed by atoms with Crippen LogP contribution in [0.2, 0.25) is 5.02 Å². The first-order valence-electron chi connectivity index (χ1n) is 14.6. The minimum atomic E-state index is -0.0710.